The summed E-state index contributed by atoms with van der Waals surface area (Å²) in [4.78, 5) is 24.8. The number of aromatic nitrogens is 1. The van der Waals surface area contributed by atoms with E-state index in [-0.39, 0.29) is 30.4 Å². The Bertz CT molecular complexity index is 1060. The third kappa shape index (κ3) is 5.11. The summed E-state index contributed by atoms with van der Waals surface area (Å²) in [7, 11) is 0. The van der Waals surface area contributed by atoms with Gasteiger partial charge in [0.1, 0.15) is 11.4 Å². The molecule has 3 rings (SSSR count). The number of carbonyl (C=O) groups excluding carboxylic acids is 2. The normalized spacial score (nSPS) is 10.5. The van der Waals surface area contributed by atoms with Crippen LogP contribution in [0.5, 0.6) is 5.75 Å². The minimum absolute atomic E-state index is 0.00913. The zero-order valence-electron chi connectivity index (χ0n) is 16.2. The highest BCUT2D eigenvalue weighted by Crippen LogP contribution is 2.30. The molecule has 1 N–H and O–H groups in total. The molecule has 1 heterocycles. The van der Waals surface area contributed by atoms with Gasteiger partial charge in [-0.1, -0.05) is 40.5 Å². The van der Waals surface area contributed by atoms with E-state index in [1.165, 1.54) is 0 Å². The quantitative estimate of drug-likeness (QED) is 0.502. The van der Waals surface area contributed by atoms with Gasteiger partial charge in [-0.2, -0.15) is 0 Å². The number of anilines is 1. The van der Waals surface area contributed by atoms with E-state index >= 15 is 0 Å². The first-order valence-electron chi connectivity index (χ1n) is 9.00. The summed E-state index contributed by atoms with van der Waals surface area (Å²) in [6, 6.07) is 11.7. The summed E-state index contributed by atoms with van der Waals surface area (Å²) < 4.78 is 15.8. The van der Waals surface area contributed by atoms with Crippen molar-refractivity contribution in [3.63, 3.8) is 0 Å². The Morgan fingerprint density at radius 3 is 2.53 bits per heavy atom. The van der Waals surface area contributed by atoms with Crippen LogP contribution < -0.4 is 10.1 Å². The zero-order valence-corrected chi connectivity index (χ0v) is 17.7. The maximum Gasteiger partial charge on any atom is 0.346 e. The van der Waals surface area contributed by atoms with E-state index in [0.717, 1.165) is 5.56 Å². The van der Waals surface area contributed by atoms with Gasteiger partial charge in [-0.05, 0) is 49.7 Å². The van der Waals surface area contributed by atoms with Crippen LogP contribution in [0.2, 0.25) is 10.0 Å². The number of hydrogen-bond acceptors (Lipinski definition) is 6. The van der Waals surface area contributed by atoms with Gasteiger partial charge in [0.2, 0.25) is 5.88 Å². The number of benzene rings is 2. The Balaban J connectivity index is 1.78. The molecule has 7 nitrogen and oxygen atoms in total. The van der Waals surface area contributed by atoms with Crippen LogP contribution in [0.15, 0.2) is 47.0 Å². The van der Waals surface area contributed by atoms with E-state index in [9.17, 15) is 9.59 Å². The van der Waals surface area contributed by atoms with Crippen LogP contribution in [0.4, 0.5) is 5.88 Å². The third-order valence-corrected chi connectivity index (χ3v) is 4.72. The third-order valence-electron chi connectivity index (χ3n) is 4.04. The highest BCUT2D eigenvalue weighted by molar-refractivity contribution is 6.31. The standard InChI is InChI=1S/C21H18Cl2N2O5/c1-3-28-21(27)18-19(13-4-6-14(22)7-5-13)25-30-20(18)24-17(26)11-29-15-8-9-16(23)12(2)10-15/h4-10H,3,11H2,1-2H3,(H,24,26). The zero-order chi connectivity index (χ0) is 21.7. The lowest BCUT2D eigenvalue weighted by Gasteiger charge is -2.08. The Labute approximate surface area is 182 Å². The monoisotopic (exact) mass is 448 g/mol. The summed E-state index contributed by atoms with van der Waals surface area (Å²) in [6.07, 6.45) is 0. The fourth-order valence-electron chi connectivity index (χ4n) is 2.59. The van der Waals surface area contributed by atoms with Crippen molar-refractivity contribution in [3.05, 3.63) is 63.6 Å². The Kier molecular flexibility index (Phi) is 6.97. The molecule has 1 amide bonds. The van der Waals surface area contributed by atoms with Gasteiger partial charge in [0, 0.05) is 15.6 Å². The number of nitrogens with one attached hydrogen (secondary N) is 1. The molecule has 0 aliphatic heterocycles. The van der Waals surface area contributed by atoms with E-state index in [1.807, 2.05) is 6.92 Å². The summed E-state index contributed by atoms with van der Waals surface area (Å²) >= 11 is 11.9. The molecule has 156 valence electrons. The lowest BCUT2D eigenvalue weighted by atomic mass is 10.1. The van der Waals surface area contributed by atoms with Gasteiger partial charge in [0.15, 0.2) is 12.2 Å². The van der Waals surface area contributed by atoms with Crippen LogP contribution in [0.25, 0.3) is 11.3 Å². The molecular weight excluding hydrogens is 431 g/mol. The molecule has 0 spiro atoms. The SMILES string of the molecule is CCOC(=O)c1c(-c2ccc(Cl)cc2)noc1NC(=O)COc1ccc(Cl)c(C)c1. The smallest absolute Gasteiger partial charge is 0.346 e. The first kappa shape index (κ1) is 21.7. The van der Waals surface area contributed by atoms with Crippen molar-refractivity contribution in [2.75, 3.05) is 18.5 Å². The Morgan fingerprint density at radius 1 is 1.13 bits per heavy atom. The number of hydrogen-bond donors (Lipinski definition) is 1. The summed E-state index contributed by atoms with van der Waals surface area (Å²) in [5.41, 5.74) is 1.64. The van der Waals surface area contributed by atoms with E-state index in [1.54, 1.807) is 49.4 Å². The maximum atomic E-state index is 12.5. The molecule has 1 aromatic heterocycles. The van der Waals surface area contributed by atoms with Crippen LogP contribution in [0.3, 0.4) is 0 Å². The molecule has 0 saturated carbocycles. The average Bonchev–Trinajstić information content (AvgIpc) is 3.13. The lowest BCUT2D eigenvalue weighted by Crippen LogP contribution is -2.21. The predicted octanol–water partition coefficient (Wildman–Crippen LogP) is 5.15. The number of esters is 1. The summed E-state index contributed by atoms with van der Waals surface area (Å²) in [6.45, 7) is 3.35. The number of carbonyl (C=O) groups is 2. The summed E-state index contributed by atoms with van der Waals surface area (Å²) in [5.74, 6) is -0.850. The summed E-state index contributed by atoms with van der Waals surface area (Å²) in [5, 5.41) is 7.55. The van der Waals surface area contributed by atoms with Crippen molar-refractivity contribution in [2.24, 2.45) is 0 Å². The van der Waals surface area contributed by atoms with Gasteiger partial charge < -0.3 is 14.0 Å². The number of amides is 1. The molecule has 2 aromatic carbocycles. The van der Waals surface area contributed by atoms with E-state index < -0.39 is 11.9 Å². The van der Waals surface area contributed by atoms with Crippen LogP contribution in [0, 0.1) is 6.92 Å². The van der Waals surface area contributed by atoms with Crippen LogP contribution in [-0.4, -0.2) is 30.2 Å². The van der Waals surface area contributed by atoms with Gasteiger partial charge in [-0.3, -0.25) is 10.1 Å². The van der Waals surface area contributed by atoms with Crippen molar-refractivity contribution >= 4 is 41.0 Å². The second-order valence-electron chi connectivity index (χ2n) is 6.21. The number of nitrogens with zero attached hydrogens (tertiary/aromatic N) is 1. The van der Waals surface area contributed by atoms with E-state index in [0.29, 0.717) is 21.4 Å². The number of halogens is 2. The molecule has 0 aliphatic rings. The molecule has 0 atom stereocenters. The second kappa shape index (κ2) is 9.65. The van der Waals surface area contributed by atoms with Crippen LogP contribution >= 0.6 is 23.2 Å². The second-order valence-corrected chi connectivity index (χ2v) is 7.05. The van der Waals surface area contributed by atoms with Gasteiger partial charge in [0.25, 0.3) is 5.91 Å². The van der Waals surface area contributed by atoms with Crippen molar-refractivity contribution in [1.82, 2.24) is 5.16 Å². The lowest BCUT2D eigenvalue weighted by molar-refractivity contribution is -0.118. The minimum Gasteiger partial charge on any atom is -0.484 e. The van der Waals surface area contributed by atoms with Crippen molar-refractivity contribution < 1.29 is 23.6 Å². The van der Waals surface area contributed by atoms with Gasteiger partial charge in [-0.15, -0.1) is 0 Å². The molecule has 30 heavy (non-hydrogen) atoms. The number of aryl methyl sites for hydroxylation is 1. The molecule has 9 heteroatoms. The largest absolute Gasteiger partial charge is 0.484 e. The molecular formula is C21H18Cl2N2O5. The molecule has 0 fully saturated rings. The first-order valence-corrected chi connectivity index (χ1v) is 9.76. The van der Waals surface area contributed by atoms with Crippen LogP contribution in [0.1, 0.15) is 22.8 Å². The van der Waals surface area contributed by atoms with Crippen molar-refractivity contribution in [1.29, 1.82) is 0 Å². The van der Waals surface area contributed by atoms with Gasteiger partial charge in [0.05, 0.1) is 6.61 Å². The van der Waals surface area contributed by atoms with Gasteiger partial charge >= 0.3 is 5.97 Å². The Morgan fingerprint density at radius 2 is 1.87 bits per heavy atom. The van der Waals surface area contributed by atoms with Crippen LogP contribution in [-0.2, 0) is 9.53 Å². The molecule has 0 radical (unpaired) electrons. The molecule has 0 aliphatic carbocycles. The van der Waals surface area contributed by atoms with Crippen molar-refractivity contribution in [2.45, 2.75) is 13.8 Å². The number of ether oxygens (including phenoxy) is 2. The predicted molar refractivity (Wildman–Crippen MR) is 113 cm³/mol. The molecule has 0 saturated heterocycles. The molecule has 0 bridgehead atoms. The van der Waals surface area contributed by atoms with E-state index in [4.69, 9.17) is 37.2 Å². The molecule has 0 unspecified atom stereocenters. The van der Waals surface area contributed by atoms with Crippen molar-refractivity contribution in [3.8, 4) is 17.0 Å². The fraction of sp³-hybridized carbons (Fsp3) is 0.190. The number of rotatable bonds is 7. The fourth-order valence-corrected chi connectivity index (χ4v) is 2.83. The van der Waals surface area contributed by atoms with E-state index in [2.05, 4.69) is 10.5 Å². The average molecular weight is 449 g/mol. The Hall–Kier alpha value is -3.03. The van der Waals surface area contributed by atoms with Gasteiger partial charge in [-0.25, -0.2) is 4.79 Å². The first-order chi connectivity index (χ1) is 14.4. The minimum atomic E-state index is -0.673. The molecule has 3 aromatic rings. The highest BCUT2D eigenvalue weighted by Gasteiger charge is 2.26. The highest BCUT2D eigenvalue weighted by atomic mass is 35.5. The maximum absolute atomic E-state index is 12.5. The topological polar surface area (TPSA) is 90.7 Å².